The molecule has 0 radical (unpaired) electrons. The number of amides is 2. The van der Waals surface area contributed by atoms with Crippen LogP contribution in [0.4, 0.5) is 0 Å². The summed E-state index contributed by atoms with van der Waals surface area (Å²) in [5.41, 5.74) is 0. The molecule has 0 atom stereocenters. The van der Waals surface area contributed by atoms with Crippen molar-refractivity contribution in [3.63, 3.8) is 0 Å². The Hall–Kier alpha value is -1.32. The van der Waals surface area contributed by atoms with E-state index < -0.39 is 0 Å². The quantitative estimate of drug-likeness (QED) is 0.433. The minimum absolute atomic E-state index is 0.0790. The van der Waals surface area contributed by atoms with Gasteiger partial charge < -0.3 is 10.6 Å². The van der Waals surface area contributed by atoms with Crippen molar-refractivity contribution >= 4 is 11.8 Å². The molecule has 17 heavy (non-hydrogen) atoms. The fraction of sp³-hybridized carbons (Fsp3) is 0.692. The Bertz CT molecular complexity index is 269. The fourth-order valence-electron chi connectivity index (χ4n) is 2.10. The molecule has 1 aliphatic rings. The summed E-state index contributed by atoms with van der Waals surface area (Å²) < 4.78 is 0. The number of hydrogen-bond donors (Lipinski definition) is 2. The van der Waals surface area contributed by atoms with Gasteiger partial charge in [0.05, 0.1) is 0 Å². The smallest absolute Gasteiger partial charge is 0.229 e. The molecule has 1 aliphatic carbocycles. The second-order valence-corrected chi connectivity index (χ2v) is 4.53. The maximum Gasteiger partial charge on any atom is 0.229 e. The molecule has 1 fully saturated rings. The fourth-order valence-corrected chi connectivity index (χ4v) is 2.10. The third-order valence-electron chi connectivity index (χ3n) is 2.98. The first-order valence-corrected chi connectivity index (χ1v) is 6.39. The van der Waals surface area contributed by atoms with Gasteiger partial charge in [0.2, 0.25) is 11.8 Å². The highest BCUT2D eigenvalue weighted by Crippen LogP contribution is 2.17. The predicted octanol–water partition coefficient (Wildman–Crippen LogP) is 1.52. The maximum atomic E-state index is 11.6. The lowest BCUT2D eigenvalue weighted by Crippen LogP contribution is -2.37. The summed E-state index contributed by atoms with van der Waals surface area (Å²) in [7, 11) is 0. The summed E-state index contributed by atoms with van der Waals surface area (Å²) in [4.78, 5) is 22.9. The van der Waals surface area contributed by atoms with Crippen LogP contribution in [-0.4, -0.2) is 24.4 Å². The van der Waals surface area contributed by atoms with Crippen molar-refractivity contribution in [2.45, 2.75) is 51.0 Å². The molecule has 96 valence electrons. The predicted molar refractivity (Wildman–Crippen MR) is 67.5 cm³/mol. The molecule has 0 spiro atoms. The van der Waals surface area contributed by atoms with Gasteiger partial charge in [0, 0.05) is 12.6 Å². The van der Waals surface area contributed by atoms with Crippen molar-refractivity contribution in [1.82, 2.24) is 10.6 Å². The summed E-state index contributed by atoms with van der Waals surface area (Å²) in [6.07, 6.45) is 8.46. The molecular weight excluding hydrogens is 216 g/mol. The zero-order valence-corrected chi connectivity index (χ0v) is 10.3. The van der Waals surface area contributed by atoms with Gasteiger partial charge in [-0.25, -0.2) is 0 Å². The molecular formula is C13H22N2O2. The van der Waals surface area contributed by atoms with Gasteiger partial charge in [0.15, 0.2) is 0 Å². The van der Waals surface area contributed by atoms with Gasteiger partial charge in [-0.05, 0) is 12.8 Å². The molecule has 0 unspecified atom stereocenters. The van der Waals surface area contributed by atoms with Crippen molar-refractivity contribution in [2.75, 3.05) is 6.54 Å². The lowest BCUT2D eigenvalue weighted by atomic mass is 10.1. The zero-order chi connectivity index (χ0) is 12.5. The SMILES string of the molecule is C=CCNC(=O)CC(=O)NC1CCCCCC1. The van der Waals surface area contributed by atoms with Gasteiger partial charge in [-0.15, -0.1) is 6.58 Å². The van der Waals surface area contributed by atoms with E-state index in [2.05, 4.69) is 17.2 Å². The van der Waals surface area contributed by atoms with Crippen LogP contribution in [0.25, 0.3) is 0 Å². The minimum atomic E-state index is -0.240. The molecule has 4 heteroatoms. The molecule has 4 nitrogen and oxygen atoms in total. The molecule has 2 amide bonds. The van der Waals surface area contributed by atoms with E-state index in [0.29, 0.717) is 6.54 Å². The highest BCUT2D eigenvalue weighted by molar-refractivity contribution is 5.96. The molecule has 2 N–H and O–H groups in total. The molecule has 0 aromatic rings. The summed E-state index contributed by atoms with van der Waals surface area (Å²) in [6, 6.07) is 0.261. The first-order valence-electron chi connectivity index (χ1n) is 6.39. The van der Waals surface area contributed by atoms with Crippen LogP contribution in [-0.2, 0) is 9.59 Å². The summed E-state index contributed by atoms with van der Waals surface area (Å²) in [5, 5.41) is 5.54. The van der Waals surface area contributed by atoms with E-state index in [4.69, 9.17) is 0 Å². The Morgan fingerprint density at radius 2 is 1.76 bits per heavy atom. The molecule has 1 rings (SSSR count). The van der Waals surface area contributed by atoms with Gasteiger partial charge in [0.1, 0.15) is 6.42 Å². The van der Waals surface area contributed by atoms with Crippen molar-refractivity contribution < 1.29 is 9.59 Å². The first-order chi connectivity index (χ1) is 8.22. The van der Waals surface area contributed by atoms with Crippen molar-refractivity contribution in [3.8, 4) is 0 Å². The second-order valence-electron chi connectivity index (χ2n) is 4.53. The Morgan fingerprint density at radius 1 is 1.12 bits per heavy atom. The van der Waals surface area contributed by atoms with Crippen molar-refractivity contribution in [3.05, 3.63) is 12.7 Å². The highest BCUT2D eigenvalue weighted by Gasteiger charge is 2.16. The van der Waals surface area contributed by atoms with Crippen LogP contribution in [0.5, 0.6) is 0 Å². The maximum absolute atomic E-state index is 11.6. The van der Waals surface area contributed by atoms with Crippen molar-refractivity contribution in [2.24, 2.45) is 0 Å². The average Bonchev–Trinajstić information content (AvgIpc) is 2.54. The van der Waals surface area contributed by atoms with E-state index in [0.717, 1.165) is 12.8 Å². The molecule has 0 saturated heterocycles. The molecule has 1 saturated carbocycles. The first kappa shape index (κ1) is 13.7. The molecule has 0 aliphatic heterocycles. The lowest BCUT2D eigenvalue weighted by Gasteiger charge is -2.15. The topological polar surface area (TPSA) is 58.2 Å². The van der Waals surface area contributed by atoms with Crippen LogP contribution in [0.1, 0.15) is 44.9 Å². The third kappa shape index (κ3) is 6.09. The molecule has 0 bridgehead atoms. The molecule has 0 aromatic carbocycles. The summed E-state index contributed by atoms with van der Waals surface area (Å²) >= 11 is 0. The van der Waals surface area contributed by atoms with Crippen LogP contribution < -0.4 is 10.6 Å². The van der Waals surface area contributed by atoms with Gasteiger partial charge in [-0.2, -0.15) is 0 Å². The number of nitrogens with one attached hydrogen (secondary N) is 2. The van der Waals surface area contributed by atoms with Crippen LogP contribution >= 0.6 is 0 Å². The Kier molecular flexibility index (Phi) is 6.37. The number of carbonyl (C=O) groups excluding carboxylic acids is 2. The number of rotatable bonds is 5. The second kappa shape index (κ2) is 7.87. The molecule has 0 aromatic heterocycles. The Morgan fingerprint density at radius 3 is 2.35 bits per heavy atom. The Labute approximate surface area is 103 Å². The average molecular weight is 238 g/mol. The van der Waals surface area contributed by atoms with E-state index in [1.54, 1.807) is 6.08 Å². The molecule has 0 heterocycles. The van der Waals surface area contributed by atoms with Crippen molar-refractivity contribution in [1.29, 1.82) is 0 Å². The van der Waals surface area contributed by atoms with Crippen LogP contribution in [0.2, 0.25) is 0 Å². The van der Waals surface area contributed by atoms with E-state index in [1.807, 2.05) is 0 Å². The lowest BCUT2D eigenvalue weighted by molar-refractivity contribution is -0.129. The Balaban J connectivity index is 2.22. The zero-order valence-electron chi connectivity index (χ0n) is 10.3. The monoisotopic (exact) mass is 238 g/mol. The van der Waals surface area contributed by atoms with E-state index in [9.17, 15) is 9.59 Å². The van der Waals surface area contributed by atoms with Gasteiger partial charge in [0.25, 0.3) is 0 Å². The van der Waals surface area contributed by atoms with Gasteiger partial charge in [-0.3, -0.25) is 9.59 Å². The van der Waals surface area contributed by atoms with Crippen LogP contribution in [0.3, 0.4) is 0 Å². The summed E-state index contributed by atoms with van der Waals surface area (Å²) in [5.74, 6) is -0.408. The standard InChI is InChI=1S/C13H22N2O2/c1-2-9-14-12(16)10-13(17)15-11-7-5-3-4-6-8-11/h2,11H,1,3-10H2,(H,14,16)(H,15,17). The van der Waals surface area contributed by atoms with E-state index in [-0.39, 0.29) is 24.3 Å². The van der Waals surface area contributed by atoms with Gasteiger partial charge >= 0.3 is 0 Å². The van der Waals surface area contributed by atoms with Gasteiger partial charge in [-0.1, -0.05) is 31.8 Å². The van der Waals surface area contributed by atoms with Crippen LogP contribution in [0.15, 0.2) is 12.7 Å². The van der Waals surface area contributed by atoms with Crippen LogP contribution in [0, 0.1) is 0 Å². The minimum Gasteiger partial charge on any atom is -0.353 e. The third-order valence-corrected chi connectivity index (χ3v) is 2.98. The highest BCUT2D eigenvalue weighted by atomic mass is 16.2. The normalized spacial score (nSPS) is 16.9. The number of hydrogen-bond acceptors (Lipinski definition) is 2. The summed E-state index contributed by atoms with van der Waals surface area (Å²) in [6.45, 7) is 3.91. The van der Waals surface area contributed by atoms with E-state index in [1.165, 1.54) is 25.7 Å². The largest absolute Gasteiger partial charge is 0.353 e. The van der Waals surface area contributed by atoms with E-state index >= 15 is 0 Å². The number of carbonyl (C=O) groups is 2.